The molecule has 146 valence electrons. The number of ether oxygens (including phenoxy) is 1. The Bertz CT molecular complexity index is 1070. The topological polar surface area (TPSA) is 54.4 Å². The van der Waals surface area contributed by atoms with Gasteiger partial charge in [0.1, 0.15) is 22.9 Å². The van der Waals surface area contributed by atoms with E-state index in [9.17, 15) is 5.11 Å². The van der Waals surface area contributed by atoms with E-state index >= 15 is 0 Å². The van der Waals surface area contributed by atoms with Gasteiger partial charge in [-0.1, -0.05) is 18.2 Å². The van der Waals surface area contributed by atoms with Crippen LogP contribution in [0.25, 0.3) is 10.9 Å². The van der Waals surface area contributed by atoms with Crippen molar-refractivity contribution in [1.82, 2.24) is 4.98 Å². The van der Waals surface area contributed by atoms with E-state index in [0.717, 1.165) is 52.2 Å². The lowest BCUT2D eigenvalue weighted by Gasteiger charge is -2.38. The van der Waals surface area contributed by atoms with Gasteiger partial charge < -0.3 is 15.2 Å². The Morgan fingerprint density at radius 1 is 1.11 bits per heavy atom. The maximum Gasteiger partial charge on any atom is 0.127 e. The molecule has 1 atom stereocenters. The second-order valence-electron chi connectivity index (χ2n) is 8.28. The maximum absolute atomic E-state index is 10.4. The average molecular weight is 377 g/mol. The van der Waals surface area contributed by atoms with Gasteiger partial charge in [-0.15, -0.1) is 0 Å². The smallest absolute Gasteiger partial charge is 0.127 e. The number of phenols is 1. The number of hydrogen-bond donors (Lipinski definition) is 2. The van der Waals surface area contributed by atoms with E-state index in [2.05, 4.69) is 31.3 Å². The molecule has 0 saturated heterocycles. The number of hydrogen-bond acceptors (Lipinski definition) is 4. The molecule has 4 rings (SSSR count). The number of nitrogens with zero attached hydrogens (tertiary/aromatic N) is 1. The van der Waals surface area contributed by atoms with Gasteiger partial charge in [0.25, 0.3) is 0 Å². The molecule has 2 N–H and O–H groups in total. The molecule has 0 aliphatic carbocycles. The number of nitrogens with one attached hydrogen (secondary N) is 1. The van der Waals surface area contributed by atoms with Crippen LogP contribution in [0.15, 0.2) is 30.3 Å². The molecule has 4 nitrogen and oxygen atoms in total. The van der Waals surface area contributed by atoms with Crippen LogP contribution in [0, 0.1) is 27.7 Å². The van der Waals surface area contributed by atoms with E-state index in [1.54, 1.807) is 0 Å². The average Bonchev–Trinajstić information content (AvgIpc) is 2.69. The van der Waals surface area contributed by atoms with Crippen LogP contribution >= 0.6 is 0 Å². The van der Waals surface area contributed by atoms with Gasteiger partial charge in [-0.25, -0.2) is 4.98 Å². The maximum atomic E-state index is 10.4. The number of anilines is 1. The van der Waals surface area contributed by atoms with Gasteiger partial charge in [0.15, 0.2) is 0 Å². The van der Waals surface area contributed by atoms with Crippen molar-refractivity contribution in [1.29, 1.82) is 0 Å². The summed E-state index contributed by atoms with van der Waals surface area (Å²) >= 11 is 0. The Labute approximate surface area is 166 Å². The summed E-state index contributed by atoms with van der Waals surface area (Å²) in [5.74, 6) is 2.21. The molecule has 0 radical (unpaired) electrons. The molecule has 2 aromatic carbocycles. The first-order valence-electron chi connectivity index (χ1n) is 9.90. The van der Waals surface area contributed by atoms with E-state index in [0.29, 0.717) is 12.3 Å². The highest BCUT2D eigenvalue weighted by atomic mass is 16.5. The molecular formula is C24H28N2O2. The number of pyridine rings is 1. The van der Waals surface area contributed by atoms with Crippen LogP contribution in [-0.2, 0) is 6.42 Å². The van der Waals surface area contributed by atoms with Gasteiger partial charge >= 0.3 is 0 Å². The minimum Gasteiger partial charge on any atom is -0.507 e. The summed E-state index contributed by atoms with van der Waals surface area (Å²) in [6.45, 7) is 10.9. The highest BCUT2D eigenvalue weighted by molar-refractivity contribution is 5.83. The van der Waals surface area contributed by atoms with Crippen molar-refractivity contribution in [2.75, 3.05) is 11.9 Å². The van der Waals surface area contributed by atoms with E-state index < -0.39 is 0 Å². The number of aryl methyl sites for hydroxylation is 1. The molecule has 2 heterocycles. The van der Waals surface area contributed by atoms with Crippen molar-refractivity contribution >= 4 is 16.7 Å². The summed E-state index contributed by atoms with van der Waals surface area (Å²) < 4.78 is 6.50. The molecule has 3 aromatic rings. The van der Waals surface area contributed by atoms with Gasteiger partial charge in [-0.05, 0) is 81.8 Å². The first-order chi connectivity index (χ1) is 13.3. The Morgan fingerprint density at radius 3 is 2.64 bits per heavy atom. The summed E-state index contributed by atoms with van der Waals surface area (Å²) in [4.78, 5) is 4.75. The number of aromatic hydroxyl groups is 1. The molecule has 0 fully saturated rings. The monoisotopic (exact) mass is 376 g/mol. The van der Waals surface area contributed by atoms with Gasteiger partial charge in [0.2, 0.25) is 0 Å². The van der Waals surface area contributed by atoms with Crippen LogP contribution in [0.3, 0.4) is 0 Å². The van der Waals surface area contributed by atoms with Gasteiger partial charge in [-0.3, -0.25) is 0 Å². The zero-order chi connectivity index (χ0) is 20.1. The quantitative estimate of drug-likeness (QED) is 0.645. The fourth-order valence-corrected chi connectivity index (χ4v) is 4.14. The van der Waals surface area contributed by atoms with Gasteiger partial charge in [0, 0.05) is 10.9 Å². The van der Waals surface area contributed by atoms with E-state index in [1.807, 2.05) is 39.0 Å². The number of phenolic OH excluding ortho intramolecular Hbond substituents is 1. The van der Waals surface area contributed by atoms with Crippen LogP contribution in [0.1, 0.15) is 41.2 Å². The first kappa shape index (κ1) is 18.6. The van der Waals surface area contributed by atoms with Crippen molar-refractivity contribution < 1.29 is 9.84 Å². The Hall–Kier alpha value is -2.75. The Kier molecular flexibility index (Phi) is 4.45. The molecule has 1 aromatic heterocycles. The summed E-state index contributed by atoms with van der Waals surface area (Å²) in [6, 6.07) is 10.3. The Morgan fingerprint density at radius 2 is 1.86 bits per heavy atom. The highest BCUT2D eigenvalue weighted by Crippen LogP contribution is 2.43. The van der Waals surface area contributed by atoms with Gasteiger partial charge in [-0.2, -0.15) is 0 Å². The number of para-hydroxylation sites is 1. The summed E-state index contributed by atoms with van der Waals surface area (Å²) in [5, 5.41) is 15.0. The predicted octanol–water partition coefficient (Wildman–Crippen LogP) is 5.37. The fraction of sp³-hybridized carbons (Fsp3) is 0.375. The molecule has 28 heavy (non-hydrogen) atoms. The van der Waals surface area contributed by atoms with Crippen LogP contribution in [-0.4, -0.2) is 22.2 Å². The lowest BCUT2D eigenvalue weighted by Crippen LogP contribution is -2.43. The second kappa shape index (κ2) is 6.69. The van der Waals surface area contributed by atoms with Crippen molar-refractivity contribution in [3.05, 3.63) is 58.1 Å². The third kappa shape index (κ3) is 3.07. The summed E-state index contributed by atoms with van der Waals surface area (Å²) in [5.41, 5.74) is 5.91. The first-order valence-corrected chi connectivity index (χ1v) is 9.90. The van der Waals surface area contributed by atoms with Gasteiger partial charge in [0.05, 0.1) is 12.1 Å². The van der Waals surface area contributed by atoms with Crippen LogP contribution in [0.4, 0.5) is 5.82 Å². The molecule has 0 saturated carbocycles. The third-order valence-corrected chi connectivity index (χ3v) is 6.16. The molecular weight excluding hydrogens is 348 g/mol. The molecule has 1 aliphatic rings. The lowest BCUT2D eigenvalue weighted by atomic mass is 9.87. The predicted molar refractivity (Wildman–Crippen MR) is 115 cm³/mol. The summed E-state index contributed by atoms with van der Waals surface area (Å²) in [7, 11) is 0. The van der Waals surface area contributed by atoms with Crippen molar-refractivity contribution in [2.45, 2.75) is 53.1 Å². The number of benzene rings is 2. The molecule has 0 bridgehead atoms. The largest absolute Gasteiger partial charge is 0.507 e. The molecule has 4 heteroatoms. The zero-order valence-corrected chi connectivity index (χ0v) is 17.3. The van der Waals surface area contributed by atoms with Crippen molar-refractivity contribution in [2.24, 2.45) is 0 Å². The zero-order valence-electron chi connectivity index (χ0n) is 17.3. The summed E-state index contributed by atoms with van der Waals surface area (Å²) in [6.07, 6.45) is 1.79. The van der Waals surface area contributed by atoms with Crippen LogP contribution in [0.5, 0.6) is 11.5 Å². The number of fused-ring (bicyclic) bond motifs is 2. The molecule has 1 unspecified atom stereocenters. The van der Waals surface area contributed by atoms with E-state index in [4.69, 9.17) is 9.72 Å². The second-order valence-corrected chi connectivity index (χ2v) is 8.28. The number of rotatable bonds is 3. The van der Waals surface area contributed by atoms with E-state index in [1.165, 1.54) is 10.9 Å². The third-order valence-electron chi connectivity index (χ3n) is 6.16. The molecule has 0 spiro atoms. The minimum absolute atomic E-state index is 0.325. The lowest BCUT2D eigenvalue weighted by molar-refractivity contribution is 0.0766. The standard InChI is InChI=1S/C24H28N2O2/c1-14-12-21(26-20-9-7-6-8-18(14)20)25-13-24(5)11-10-19-17(4)22(27)15(2)16(3)23(19)28-24/h6-9,12,27H,10-11,13H2,1-5H3,(H,25,26). The molecule has 1 aliphatic heterocycles. The van der Waals surface area contributed by atoms with E-state index in [-0.39, 0.29) is 5.60 Å². The van der Waals surface area contributed by atoms with Crippen LogP contribution in [0.2, 0.25) is 0 Å². The SMILES string of the molecule is Cc1c(C)c2c(c(C)c1O)CCC(C)(CNc1cc(C)c3ccccc3n1)O2. The van der Waals surface area contributed by atoms with Crippen molar-refractivity contribution in [3.63, 3.8) is 0 Å². The highest BCUT2D eigenvalue weighted by Gasteiger charge is 2.34. The fourth-order valence-electron chi connectivity index (χ4n) is 4.14. The Balaban J connectivity index is 1.59. The minimum atomic E-state index is -0.325. The normalized spacial score (nSPS) is 18.6. The number of aromatic nitrogens is 1. The van der Waals surface area contributed by atoms with Crippen molar-refractivity contribution in [3.8, 4) is 11.5 Å². The van der Waals surface area contributed by atoms with Crippen LogP contribution < -0.4 is 10.1 Å². The molecule has 0 amide bonds.